The van der Waals surface area contributed by atoms with Crippen LogP contribution < -0.4 is 15.2 Å². The molecule has 0 fully saturated rings. The first-order valence-electron chi connectivity index (χ1n) is 8.28. The molecule has 0 aliphatic heterocycles. The molecule has 142 valence electrons. The summed E-state index contributed by atoms with van der Waals surface area (Å²) in [4.78, 5) is 3.90. The lowest BCUT2D eigenvalue weighted by atomic mass is 9.93. The fraction of sp³-hybridized carbons (Fsp3) is 0.421. The van der Waals surface area contributed by atoms with Crippen molar-refractivity contribution in [3.63, 3.8) is 0 Å². The molecule has 0 radical (unpaired) electrons. The maximum atomic E-state index is 12.8. The Labute approximate surface area is 151 Å². The van der Waals surface area contributed by atoms with Gasteiger partial charge in [0.05, 0.1) is 0 Å². The van der Waals surface area contributed by atoms with Crippen molar-refractivity contribution in [3.05, 3.63) is 42.7 Å². The zero-order valence-corrected chi connectivity index (χ0v) is 15.0. The summed E-state index contributed by atoms with van der Waals surface area (Å²) in [6, 6.07) is 7.83. The Balaban J connectivity index is 2.27. The number of rotatable bonds is 7. The van der Waals surface area contributed by atoms with E-state index in [0.29, 0.717) is 17.9 Å². The molecular weight excluding hydrogens is 345 g/mol. The van der Waals surface area contributed by atoms with Crippen LogP contribution in [0.5, 0.6) is 11.5 Å². The van der Waals surface area contributed by atoms with Gasteiger partial charge in [-0.3, -0.25) is 4.98 Å². The Morgan fingerprint density at radius 2 is 1.69 bits per heavy atom. The second-order valence-corrected chi connectivity index (χ2v) is 6.99. The van der Waals surface area contributed by atoms with Crippen LogP contribution in [0.15, 0.2) is 42.7 Å². The molecule has 0 saturated heterocycles. The molecule has 0 amide bonds. The van der Waals surface area contributed by atoms with Gasteiger partial charge in [0.15, 0.2) is 11.5 Å². The summed E-state index contributed by atoms with van der Waals surface area (Å²) in [5, 5.41) is 0. The highest BCUT2D eigenvalue weighted by Gasteiger charge is 2.33. The van der Waals surface area contributed by atoms with E-state index in [4.69, 9.17) is 10.5 Å². The van der Waals surface area contributed by atoms with E-state index in [1.807, 2.05) is 20.8 Å². The molecule has 7 heteroatoms. The summed E-state index contributed by atoms with van der Waals surface area (Å²) in [6.45, 7) is 5.93. The predicted octanol–water partition coefficient (Wildman–Crippen LogP) is 4.79. The molecule has 2 rings (SSSR count). The van der Waals surface area contributed by atoms with E-state index in [-0.39, 0.29) is 12.4 Å². The largest absolute Gasteiger partial charge is 0.573 e. The van der Waals surface area contributed by atoms with E-state index in [0.717, 1.165) is 5.56 Å². The van der Waals surface area contributed by atoms with Crippen molar-refractivity contribution in [2.45, 2.75) is 39.1 Å². The van der Waals surface area contributed by atoms with Gasteiger partial charge in [-0.25, -0.2) is 0 Å². The summed E-state index contributed by atoms with van der Waals surface area (Å²) in [7, 11) is 0. The van der Waals surface area contributed by atoms with Crippen LogP contribution in [-0.2, 0) is 0 Å². The van der Waals surface area contributed by atoms with Gasteiger partial charge < -0.3 is 15.2 Å². The molecule has 1 atom stereocenters. The van der Waals surface area contributed by atoms with Gasteiger partial charge in [0, 0.05) is 17.9 Å². The van der Waals surface area contributed by atoms with E-state index >= 15 is 0 Å². The molecular formula is C19H23F3N2O2. The number of nitrogens with zero attached hydrogens (tertiary/aromatic N) is 1. The quantitative estimate of drug-likeness (QED) is 0.763. The number of hydrogen-bond donors (Lipinski definition) is 1. The van der Waals surface area contributed by atoms with Gasteiger partial charge in [-0.2, -0.15) is 0 Å². The minimum atomic E-state index is -4.82. The molecule has 0 aliphatic carbocycles. The highest BCUT2D eigenvalue weighted by molar-refractivity contribution is 5.66. The minimum absolute atomic E-state index is 0.000521. The molecule has 0 bridgehead atoms. The minimum Gasteiger partial charge on any atom is -0.488 e. The summed E-state index contributed by atoms with van der Waals surface area (Å²) in [5.41, 5.74) is 6.80. The van der Waals surface area contributed by atoms with Gasteiger partial charge in [-0.05, 0) is 54.7 Å². The Hall–Kier alpha value is -2.28. The number of hydrogen-bond acceptors (Lipinski definition) is 4. The Morgan fingerprint density at radius 1 is 1.04 bits per heavy atom. The number of alkyl halides is 3. The van der Waals surface area contributed by atoms with Crippen LogP contribution in [0.1, 0.15) is 27.2 Å². The standard InChI is InChI=1S/C19H23F3N2O2/c1-13(2)11-18(3,23)12-25-16-5-4-15(14-6-8-24-9-7-14)10-17(16)26-19(20,21)22/h4-10,13H,11-12,23H2,1-3H3. The van der Waals surface area contributed by atoms with Crippen molar-refractivity contribution in [3.8, 4) is 22.6 Å². The van der Waals surface area contributed by atoms with Crippen LogP contribution in [-0.4, -0.2) is 23.5 Å². The fourth-order valence-corrected chi connectivity index (χ4v) is 2.79. The first kappa shape index (κ1) is 20.0. The van der Waals surface area contributed by atoms with Gasteiger partial charge in [0.25, 0.3) is 0 Å². The van der Waals surface area contributed by atoms with E-state index in [9.17, 15) is 13.2 Å². The van der Waals surface area contributed by atoms with Crippen molar-refractivity contribution in [2.75, 3.05) is 6.61 Å². The van der Waals surface area contributed by atoms with Crippen LogP contribution in [0, 0.1) is 5.92 Å². The molecule has 1 unspecified atom stereocenters. The molecule has 2 N–H and O–H groups in total. The van der Waals surface area contributed by atoms with E-state index < -0.39 is 17.7 Å². The first-order chi connectivity index (χ1) is 12.1. The van der Waals surface area contributed by atoms with Crippen LogP contribution >= 0.6 is 0 Å². The monoisotopic (exact) mass is 368 g/mol. The Morgan fingerprint density at radius 3 is 2.27 bits per heavy atom. The highest BCUT2D eigenvalue weighted by Crippen LogP contribution is 2.36. The van der Waals surface area contributed by atoms with Gasteiger partial charge in [0.1, 0.15) is 6.61 Å². The third-order valence-electron chi connectivity index (χ3n) is 3.62. The lowest BCUT2D eigenvalue weighted by Crippen LogP contribution is -2.43. The Kier molecular flexibility index (Phi) is 6.13. The molecule has 2 aromatic rings. The molecule has 1 aromatic carbocycles. The van der Waals surface area contributed by atoms with Gasteiger partial charge in [-0.1, -0.05) is 19.9 Å². The third-order valence-corrected chi connectivity index (χ3v) is 3.62. The molecule has 1 aromatic heterocycles. The van der Waals surface area contributed by atoms with E-state index in [1.165, 1.54) is 12.1 Å². The lowest BCUT2D eigenvalue weighted by molar-refractivity contribution is -0.275. The average molecular weight is 368 g/mol. The zero-order chi connectivity index (χ0) is 19.4. The number of nitrogens with two attached hydrogens (primary N) is 1. The number of ether oxygens (including phenoxy) is 2. The number of halogens is 3. The van der Waals surface area contributed by atoms with E-state index in [1.54, 1.807) is 30.6 Å². The predicted molar refractivity (Wildman–Crippen MR) is 93.9 cm³/mol. The summed E-state index contributed by atoms with van der Waals surface area (Å²) >= 11 is 0. The van der Waals surface area contributed by atoms with Crippen LogP contribution in [0.4, 0.5) is 13.2 Å². The Bertz CT molecular complexity index is 716. The molecule has 0 aliphatic rings. The first-order valence-corrected chi connectivity index (χ1v) is 8.28. The van der Waals surface area contributed by atoms with Gasteiger partial charge >= 0.3 is 6.36 Å². The van der Waals surface area contributed by atoms with Crippen molar-refractivity contribution in [1.82, 2.24) is 4.98 Å². The van der Waals surface area contributed by atoms with Gasteiger partial charge in [0.2, 0.25) is 0 Å². The average Bonchev–Trinajstić information content (AvgIpc) is 2.52. The molecule has 0 spiro atoms. The molecule has 1 heterocycles. The maximum absolute atomic E-state index is 12.8. The smallest absolute Gasteiger partial charge is 0.488 e. The molecule has 4 nitrogen and oxygen atoms in total. The van der Waals surface area contributed by atoms with Crippen molar-refractivity contribution in [2.24, 2.45) is 11.7 Å². The maximum Gasteiger partial charge on any atom is 0.573 e. The zero-order valence-electron chi connectivity index (χ0n) is 15.0. The molecule has 0 saturated carbocycles. The van der Waals surface area contributed by atoms with Crippen molar-refractivity contribution in [1.29, 1.82) is 0 Å². The van der Waals surface area contributed by atoms with Crippen LogP contribution in [0.3, 0.4) is 0 Å². The van der Waals surface area contributed by atoms with Crippen molar-refractivity contribution < 1.29 is 22.6 Å². The van der Waals surface area contributed by atoms with Crippen molar-refractivity contribution >= 4 is 0 Å². The molecule has 26 heavy (non-hydrogen) atoms. The van der Waals surface area contributed by atoms with Crippen LogP contribution in [0.2, 0.25) is 0 Å². The van der Waals surface area contributed by atoms with Gasteiger partial charge in [-0.15, -0.1) is 13.2 Å². The SMILES string of the molecule is CC(C)CC(C)(N)COc1ccc(-c2ccncc2)cc1OC(F)(F)F. The second-order valence-electron chi connectivity index (χ2n) is 6.99. The normalized spacial score (nSPS) is 14.2. The second kappa shape index (κ2) is 7.95. The fourth-order valence-electron chi connectivity index (χ4n) is 2.79. The summed E-state index contributed by atoms with van der Waals surface area (Å²) in [6.07, 6.45) is -1.01. The number of benzene rings is 1. The lowest BCUT2D eigenvalue weighted by Gasteiger charge is -2.27. The van der Waals surface area contributed by atoms with Crippen LogP contribution in [0.25, 0.3) is 11.1 Å². The van der Waals surface area contributed by atoms with E-state index in [2.05, 4.69) is 9.72 Å². The summed E-state index contributed by atoms with van der Waals surface area (Å²) in [5.74, 6) is -0.0544. The number of aromatic nitrogens is 1. The number of pyridine rings is 1. The highest BCUT2D eigenvalue weighted by atomic mass is 19.4. The summed E-state index contributed by atoms with van der Waals surface area (Å²) < 4.78 is 48.1. The third kappa shape index (κ3) is 6.22. The topological polar surface area (TPSA) is 57.4 Å².